The van der Waals surface area contributed by atoms with Gasteiger partial charge in [-0.25, -0.2) is 0 Å². The first-order valence-corrected chi connectivity index (χ1v) is 7.96. The van der Waals surface area contributed by atoms with Gasteiger partial charge in [0.2, 0.25) is 0 Å². The van der Waals surface area contributed by atoms with Gasteiger partial charge in [-0.05, 0) is 45.7 Å². The lowest BCUT2D eigenvalue weighted by atomic mass is 9.93. The largest absolute Gasteiger partial charge is 0.508 e. The molecule has 4 nitrogen and oxygen atoms in total. The van der Waals surface area contributed by atoms with Gasteiger partial charge in [-0.1, -0.05) is 13.0 Å². The van der Waals surface area contributed by atoms with Crippen LogP contribution in [0, 0.1) is 0 Å². The SMILES string of the molecule is CCCNC(C)c1ccc(N2CCC(C)(O)CC2)cc1O. The molecule has 1 aromatic carbocycles. The molecule has 0 saturated carbocycles. The van der Waals surface area contributed by atoms with Gasteiger partial charge in [0.25, 0.3) is 0 Å². The highest BCUT2D eigenvalue weighted by Gasteiger charge is 2.27. The highest BCUT2D eigenvalue weighted by molar-refractivity contribution is 5.54. The number of nitrogens with zero attached hydrogens (tertiary/aromatic N) is 1. The van der Waals surface area contributed by atoms with E-state index in [1.165, 1.54) is 0 Å². The molecule has 3 N–H and O–H groups in total. The Morgan fingerprint density at radius 2 is 2.00 bits per heavy atom. The molecule has 0 bridgehead atoms. The standard InChI is InChI=1S/C17H28N2O2/c1-4-9-18-13(2)15-6-5-14(12-16(15)20)19-10-7-17(3,21)8-11-19/h5-6,12-13,18,20-21H,4,7-11H2,1-3H3. The molecule has 0 aliphatic carbocycles. The van der Waals surface area contributed by atoms with Crippen molar-refractivity contribution in [3.05, 3.63) is 23.8 Å². The van der Waals surface area contributed by atoms with E-state index in [0.717, 1.165) is 50.1 Å². The molecule has 1 unspecified atom stereocenters. The number of aromatic hydroxyl groups is 1. The van der Waals surface area contributed by atoms with Crippen molar-refractivity contribution in [3.63, 3.8) is 0 Å². The monoisotopic (exact) mass is 292 g/mol. The van der Waals surface area contributed by atoms with Crippen LogP contribution in [-0.2, 0) is 0 Å². The molecule has 2 rings (SSSR count). The van der Waals surface area contributed by atoms with E-state index in [9.17, 15) is 10.2 Å². The molecular weight excluding hydrogens is 264 g/mol. The van der Waals surface area contributed by atoms with Gasteiger partial charge in [0, 0.05) is 36.4 Å². The Morgan fingerprint density at radius 3 is 2.57 bits per heavy atom. The van der Waals surface area contributed by atoms with E-state index in [-0.39, 0.29) is 6.04 Å². The van der Waals surface area contributed by atoms with E-state index in [1.54, 1.807) is 0 Å². The second kappa shape index (κ2) is 6.67. The fraction of sp³-hybridized carbons (Fsp3) is 0.647. The number of anilines is 1. The number of phenols is 1. The maximum Gasteiger partial charge on any atom is 0.122 e. The maximum atomic E-state index is 10.3. The van der Waals surface area contributed by atoms with Crippen LogP contribution in [0.25, 0.3) is 0 Å². The molecule has 0 spiro atoms. The van der Waals surface area contributed by atoms with Crippen molar-refractivity contribution in [1.82, 2.24) is 5.32 Å². The Morgan fingerprint density at radius 1 is 1.33 bits per heavy atom. The van der Waals surface area contributed by atoms with Gasteiger partial charge in [-0.15, -0.1) is 0 Å². The summed E-state index contributed by atoms with van der Waals surface area (Å²) in [6, 6.07) is 6.07. The summed E-state index contributed by atoms with van der Waals surface area (Å²) >= 11 is 0. The van der Waals surface area contributed by atoms with Crippen molar-refractivity contribution >= 4 is 5.69 Å². The summed E-state index contributed by atoms with van der Waals surface area (Å²) in [6.07, 6.45) is 2.62. The zero-order chi connectivity index (χ0) is 15.5. The lowest BCUT2D eigenvalue weighted by molar-refractivity contribution is 0.0351. The third kappa shape index (κ3) is 4.11. The normalized spacial score (nSPS) is 19.5. The molecule has 1 aromatic rings. The fourth-order valence-corrected chi connectivity index (χ4v) is 2.81. The molecule has 1 atom stereocenters. The predicted molar refractivity (Wildman–Crippen MR) is 86.9 cm³/mol. The van der Waals surface area contributed by atoms with Crippen LogP contribution >= 0.6 is 0 Å². The highest BCUT2D eigenvalue weighted by Crippen LogP contribution is 2.31. The van der Waals surface area contributed by atoms with Gasteiger partial charge >= 0.3 is 0 Å². The highest BCUT2D eigenvalue weighted by atomic mass is 16.3. The smallest absolute Gasteiger partial charge is 0.122 e. The molecule has 118 valence electrons. The van der Waals surface area contributed by atoms with Crippen molar-refractivity contribution in [2.45, 2.75) is 51.7 Å². The molecule has 21 heavy (non-hydrogen) atoms. The van der Waals surface area contributed by atoms with Crippen LogP contribution in [-0.4, -0.2) is 35.4 Å². The van der Waals surface area contributed by atoms with E-state index >= 15 is 0 Å². The van der Waals surface area contributed by atoms with Crippen LogP contribution in [0.5, 0.6) is 5.75 Å². The Bertz CT molecular complexity index is 464. The predicted octanol–water partition coefficient (Wildman–Crippen LogP) is 2.80. The third-order valence-corrected chi connectivity index (χ3v) is 4.39. The first-order valence-electron chi connectivity index (χ1n) is 7.96. The number of piperidine rings is 1. The van der Waals surface area contributed by atoms with Gasteiger partial charge in [-0.3, -0.25) is 0 Å². The average molecular weight is 292 g/mol. The maximum absolute atomic E-state index is 10.3. The van der Waals surface area contributed by atoms with E-state index in [4.69, 9.17) is 0 Å². The summed E-state index contributed by atoms with van der Waals surface area (Å²) in [5, 5.41) is 23.7. The van der Waals surface area contributed by atoms with Crippen molar-refractivity contribution in [3.8, 4) is 5.75 Å². The van der Waals surface area contributed by atoms with Crippen LogP contribution in [0.1, 0.15) is 51.6 Å². The minimum Gasteiger partial charge on any atom is -0.508 e. The lowest BCUT2D eigenvalue weighted by Crippen LogP contribution is -2.42. The summed E-state index contributed by atoms with van der Waals surface area (Å²) in [6.45, 7) is 8.71. The number of nitrogens with one attached hydrogen (secondary N) is 1. The number of phenolic OH excluding ortho intramolecular Hbond substituents is 1. The average Bonchev–Trinajstić information content (AvgIpc) is 2.44. The minimum absolute atomic E-state index is 0.154. The molecule has 0 radical (unpaired) electrons. The van der Waals surface area contributed by atoms with Crippen LogP contribution in [0.15, 0.2) is 18.2 Å². The summed E-state index contributed by atoms with van der Waals surface area (Å²) < 4.78 is 0. The molecule has 1 fully saturated rings. The van der Waals surface area contributed by atoms with Gasteiger partial charge in [0.1, 0.15) is 5.75 Å². The molecule has 1 heterocycles. The summed E-state index contributed by atoms with van der Waals surface area (Å²) in [5.41, 5.74) is 1.43. The topological polar surface area (TPSA) is 55.7 Å². The first kappa shape index (κ1) is 16.1. The van der Waals surface area contributed by atoms with Gasteiger partial charge < -0.3 is 20.4 Å². The molecule has 1 aliphatic rings. The Hall–Kier alpha value is -1.26. The van der Waals surface area contributed by atoms with Crippen LogP contribution in [0.4, 0.5) is 5.69 Å². The van der Waals surface area contributed by atoms with Crippen molar-refractivity contribution in [2.75, 3.05) is 24.5 Å². The first-order chi connectivity index (χ1) is 9.93. The van der Waals surface area contributed by atoms with Crippen molar-refractivity contribution < 1.29 is 10.2 Å². The van der Waals surface area contributed by atoms with E-state index in [0.29, 0.717) is 5.75 Å². The summed E-state index contributed by atoms with van der Waals surface area (Å²) in [7, 11) is 0. The van der Waals surface area contributed by atoms with Gasteiger partial charge in [-0.2, -0.15) is 0 Å². The van der Waals surface area contributed by atoms with E-state index < -0.39 is 5.60 Å². The molecule has 0 amide bonds. The van der Waals surface area contributed by atoms with Crippen LogP contribution < -0.4 is 10.2 Å². The van der Waals surface area contributed by atoms with Crippen molar-refractivity contribution in [2.24, 2.45) is 0 Å². The number of rotatable bonds is 5. The third-order valence-electron chi connectivity index (χ3n) is 4.39. The zero-order valence-electron chi connectivity index (χ0n) is 13.4. The molecule has 1 aliphatic heterocycles. The zero-order valence-corrected chi connectivity index (χ0v) is 13.4. The Labute approximate surface area is 127 Å². The lowest BCUT2D eigenvalue weighted by Gasteiger charge is -2.37. The fourth-order valence-electron chi connectivity index (χ4n) is 2.81. The Balaban J connectivity index is 2.05. The second-order valence-electron chi connectivity index (χ2n) is 6.40. The summed E-state index contributed by atoms with van der Waals surface area (Å²) in [4.78, 5) is 2.23. The number of hydrogen-bond acceptors (Lipinski definition) is 4. The Kier molecular flexibility index (Phi) is 5.12. The van der Waals surface area contributed by atoms with Crippen molar-refractivity contribution in [1.29, 1.82) is 0 Å². The molecule has 1 saturated heterocycles. The van der Waals surface area contributed by atoms with Crippen LogP contribution in [0.3, 0.4) is 0 Å². The molecule has 0 aromatic heterocycles. The number of benzene rings is 1. The molecule has 4 heteroatoms. The van der Waals surface area contributed by atoms with E-state index in [2.05, 4.69) is 30.1 Å². The number of aliphatic hydroxyl groups is 1. The number of hydrogen-bond donors (Lipinski definition) is 3. The van der Waals surface area contributed by atoms with Crippen LogP contribution in [0.2, 0.25) is 0 Å². The quantitative estimate of drug-likeness (QED) is 0.781. The van der Waals surface area contributed by atoms with E-state index in [1.807, 2.05) is 19.1 Å². The van der Waals surface area contributed by atoms with Gasteiger partial charge in [0.05, 0.1) is 5.60 Å². The second-order valence-corrected chi connectivity index (χ2v) is 6.40. The molecular formula is C17H28N2O2. The minimum atomic E-state index is -0.545. The van der Waals surface area contributed by atoms with Gasteiger partial charge in [0.15, 0.2) is 0 Å². The summed E-state index contributed by atoms with van der Waals surface area (Å²) in [5.74, 6) is 0.348.